The van der Waals surface area contributed by atoms with Crippen LogP contribution < -0.4 is 11.1 Å². The first-order chi connectivity index (χ1) is 12.0. The maximum absolute atomic E-state index is 12.5. The number of nitrogens with zero attached hydrogens (tertiary/aromatic N) is 1. The molecule has 0 aliphatic carbocycles. The molecule has 3 aromatic rings. The second-order valence-electron chi connectivity index (χ2n) is 5.57. The average Bonchev–Trinajstić information content (AvgIpc) is 2.95. The van der Waals surface area contributed by atoms with E-state index in [-0.39, 0.29) is 0 Å². The zero-order chi connectivity index (χ0) is 18.0. The first kappa shape index (κ1) is 16.5. The van der Waals surface area contributed by atoms with E-state index >= 15 is 0 Å². The Kier molecular flexibility index (Phi) is 4.38. The average molecular weight is 340 g/mol. The van der Waals surface area contributed by atoms with Crippen LogP contribution in [0.3, 0.4) is 0 Å². The van der Waals surface area contributed by atoms with Crippen LogP contribution >= 0.6 is 0 Å². The van der Waals surface area contributed by atoms with Crippen molar-refractivity contribution in [1.29, 1.82) is 0 Å². The molecule has 2 aromatic carbocycles. The number of oxazole rings is 1. The van der Waals surface area contributed by atoms with Crippen molar-refractivity contribution in [1.82, 2.24) is 9.88 Å². The van der Waals surface area contributed by atoms with Crippen molar-refractivity contribution in [2.45, 2.75) is 19.0 Å². The number of carboxylic acid groups (broad SMARTS) is 1. The van der Waals surface area contributed by atoms with Crippen molar-refractivity contribution in [3.63, 3.8) is 0 Å². The van der Waals surface area contributed by atoms with Gasteiger partial charge in [-0.15, -0.1) is 0 Å². The molecule has 2 N–H and O–H groups in total. The molecule has 0 spiro atoms. The zero-order valence-electron chi connectivity index (χ0n) is 13.4. The Bertz CT molecular complexity index is 974. The molecule has 7 nitrogen and oxygen atoms in total. The lowest BCUT2D eigenvalue weighted by molar-refractivity contribution is -0.142. The minimum absolute atomic E-state index is 0.366. The van der Waals surface area contributed by atoms with Crippen LogP contribution in [-0.2, 0) is 9.59 Å². The fourth-order valence-corrected chi connectivity index (χ4v) is 2.66. The van der Waals surface area contributed by atoms with Crippen LogP contribution in [-0.4, -0.2) is 21.6 Å². The molecule has 0 aliphatic heterocycles. The number of carbonyl (C=O) groups excluding carboxylic acids is 1. The van der Waals surface area contributed by atoms with E-state index in [2.05, 4.69) is 5.32 Å². The molecule has 1 heterocycles. The summed E-state index contributed by atoms with van der Waals surface area (Å²) in [4.78, 5) is 36.1. The van der Waals surface area contributed by atoms with Gasteiger partial charge in [0.15, 0.2) is 11.6 Å². The van der Waals surface area contributed by atoms with Crippen molar-refractivity contribution in [2.75, 3.05) is 0 Å². The van der Waals surface area contributed by atoms with Crippen molar-refractivity contribution in [3.05, 3.63) is 70.7 Å². The summed E-state index contributed by atoms with van der Waals surface area (Å²) in [5.41, 5.74) is 1.28. The van der Waals surface area contributed by atoms with Gasteiger partial charge in [0.2, 0.25) is 5.91 Å². The van der Waals surface area contributed by atoms with E-state index in [1.54, 1.807) is 54.6 Å². The summed E-state index contributed by atoms with van der Waals surface area (Å²) in [7, 11) is 0. The van der Waals surface area contributed by atoms with E-state index in [1.165, 1.54) is 11.5 Å². The lowest BCUT2D eigenvalue weighted by Gasteiger charge is -2.18. The summed E-state index contributed by atoms with van der Waals surface area (Å²) in [5, 5.41) is 11.9. The van der Waals surface area contributed by atoms with Gasteiger partial charge >= 0.3 is 11.7 Å². The van der Waals surface area contributed by atoms with E-state index in [0.717, 1.165) is 0 Å². The van der Waals surface area contributed by atoms with Gasteiger partial charge in [-0.25, -0.2) is 9.59 Å². The summed E-state index contributed by atoms with van der Waals surface area (Å²) < 4.78 is 6.32. The van der Waals surface area contributed by atoms with Gasteiger partial charge in [0, 0.05) is 0 Å². The van der Waals surface area contributed by atoms with Gasteiger partial charge in [0.1, 0.15) is 6.04 Å². The molecule has 0 unspecified atom stereocenters. The fraction of sp³-hybridized carbons (Fsp3) is 0.167. The number of carbonyl (C=O) groups is 2. The number of aromatic nitrogens is 1. The molecule has 7 heteroatoms. The number of fused-ring (bicyclic) bond motifs is 1. The maximum atomic E-state index is 12.5. The monoisotopic (exact) mass is 340 g/mol. The lowest BCUT2D eigenvalue weighted by atomic mass is 10.1. The molecular weight excluding hydrogens is 324 g/mol. The molecule has 128 valence electrons. The molecule has 0 bridgehead atoms. The maximum Gasteiger partial charge on any atom is 0.420 e. The zero-order valence-corrected chi connectivity index (χ0v) is 13.4. The highest BCUT2D eigenvalue weighted by atomic mass is 16.4. The van der Waals surface area contributed by atoms with Crippen molar-refractivity contribution in [2.24, 2.45) is 0 Å². The first-order valence-electron chi connectivity index (χ1n) is 7.67. The van der Waals surface area contributed by atoms with E-state index < -0.39 is 29.7 Å². The van der Waals surface area contributed by atoms with E-state index in [1.807, 2.05) is 0 Å². The van der Waals surface area contributed by atoms with Crippen LogP contribution in [0, 0.1) is 0 Å². The predicted molar refractivity (Wildman–Crippen MR) is 90.1 cm³/mol. The number of carboxylic acids is 1. The highest BCUT2D eigenvalue weighted by Crippen LogP contribution is 2.19. The third-order valence-electron chi connectivity index (χ3n) is 3.95. The molecule has 1 aromatic heterocycles. The van der Waals surface area contributed by atoms with E-state index in [4.69, 9.17) is 4.42 Å². The molecule has 1 amide bonds. The molecule has 0 saturated carbocycles. The van der Waals surface area contributed by atoms with Gasteiger partial charge in [-0.3, -0.25) is 9.36 Å². The van der Waals surface area contributed by atoms with Crippen LogP contribution in [0.4, 0.5) is 0 Å². The highest BCUT2D eigenvalue weighted by Gasteiger charge is 2.27. The van der Waals surface area contributed by atoms with Crippen molar-refractivity contribution in [3.8, 4) is 0 Å². The fourth-order valence-electron chi connectivity index (χ4n) is 2.66. The highest BCUT2D eigenvalue weighted by molar-refractivity contribution is 5.87. The number of hydrogen-bond donors (Lipinski definition) is 2. The molecule has 0 fully saturated rings. The van der Waals surface area contributed by atoms with Crippen LogP contribution in [0.25, 0.3) is 11.1 Å². The Labute approximate surface area is 142 Å². The summed E-state index contributed by atoms with van der Waals surface area (Å²) in [5.74, 6) is -2.45. The Morgan fingerprint density at radius 2 is 1.72 bits per heavy atom. The number of amides is 1. The first-order valence-corrected chi connectivity index (χ1v) is 7.67. The van der Waals surface area contributed by atoms with E-state index in [9.17, 15) is 19.5 Å². The number of aliphatic carboxylic acids is 1. The standard InChI is InChI=1S/C18H16N2O5/c1-11(20-13-9-5-6-10-14(13)25-18(20)24)16(21)19-15(17(22)23)12-7-3-2-4-8-12/h2-11,15H,1H3,(H,19,21)(H,22,23)/t11-,15-/m1/s1. The van der Waals surface area contributed by atoms with Gasteiger partial charge in [0.05, 0.1) is 5.52 Å². The van der Waals surface area contributed by atoms with Gasteiger partial charge in [-0.05, 0) is 24.6 Å². The molecule has 0 aliphatic rings. The number of nitrogens with one attached hydrogen (secondary N) is 1. The summed E-state index contributed by atoms with van der Waals surface area (Å²) in [6, 6.07) is 13.0. The molecule has 0 radical (unpaired) electrons. The molecule has 0 saturated heterocycles. The van der Waals surface area contributed by atoms with Gasteiger partial charge in [-0.1, -0.05) is 42.5 Å². The van der Waals surface area contributed by atoms with Crippen LogP contribution in [0.1, 0.15) is 24.6 Å². The smallest absolute Gasteiger partial charge is 0.420 e. The quantitative estimate of drug-likeness (QED) is 0.740. The Balaban J connectivity index is 1.90. The largest absolute Gasteiger partial charge is 0.479 e. The second kappa shape index (κ2) is 6.64. The summed E-state index contributed by atoms with van der Waals surface area (Å²) in [6.45, 7) is 1.52. The van der Waals surface area contributed by atoms with Crippen molar-refractivity contribution >= 4 is 23.0 Å². The number of benzene rings is 2. The van der Waals surface area contributed by atoms with Crippen LogP contribution in [0.2, 0.25) is 0 Å². The lowest BCUT2D eigenvalue weighted by Crippen LogP contribution is -2.39. The number of hydrogen-bond acceptors (Lipinski definition) is 4. The van der Waals surface area contributed by atoms with E-state index in [0.29, 0.717) is 16.7 Å². The van der Waals surface area contributed by atoms with Crippen LogP contribution in [0.5, 0.6) is 0 Å². The van der Waals surface area contributed by atoms with Crippen molar-refractivity contribution < 1.29 is 19.1 Å². The van der Waals surface area contributed by atoms with Gasteiger partial charge in [-0.2, -0.15) is 0 Å². The molecule has 25 heavy (non-hydrogen) atoms. The molecule has 2 atom stereocenters. The predicted octanol–water partition coefficient (Wildman–Crippen LogP) is 2.10. The molecule has 3 rings (SSSR count). The number of para-hydroxylation sites is 2. The Morgan fingerprint density at radius 1 is 1.08 bits per heavy atom. The minimum atomic E-state index is -1.20. The third-order valence-corrected chi connectivity index (χ3v) is 3.95. The van der Waals surface area contributed by atoms with Gasteiger partial charge < -0.3 is 14.8 Å². The Morgan fingerprint density at radius 3 is 2.40 bits per heavy atom. The molecular formula is C18H16N2O5. The third kappa shape index (κ3) is 3.16. The topological polar surface area (TPSA) is 102 Å². The summed E-state index contributed by atoms with van der Waals surface area (Å²) >= 11 is 0. The van der Waals surface area contributed by atoms with Crippen LogP contribution in [0.15, 0.2) is 63.8 Å². The van der Waals surface area contributed by atoms with Gasteiger partial charge in [0.25, 0.3) is 0 Å². The number of rotatable bonds is 5. The Hall–Kier alpha value is -3.35. The SMILES string of the molecule is C[C@H](C(=O)N[C@@H](C(=O)O)c1ccccc1)n1c(=O)oc2ccccc21. The summed E-state index contributed by atoms with van der Waals surface area (Å²) in [6.07, 6.45) is 0. The second-order valence-corrected chi connectivity index (χ2v) is 5.57. The minimum Gasteiger partial charge on any atom is -0.479 e. The normalized spacial score (nSPS) is 13.3.